The lowest BCUT2D eigenvalue weighted by Gasteiger charge is -2.48. The number of ether oxygens (including phenoxy) is 6. The molecular formula is C60H103NO18. The van der Waals surface area contributed by atoms with E-state index in [0.29, 0.717) is 6.42 Å². The van der Waals surface area contributed by atoms with E-state index in [1.54, 1.807) is 6.08 Å². The zero-order valence-electron chi connectivity index (χ0n) is 47.3. The zero-order chi connectivity index (χ0) is 57.6. The standard InChI is InChI=1S/C60H103NO18/c1-3-5-7-9-11-13-15-16-17-18-19-20-21-22-23-24-25-26-28-30-32-34-36-38-48(66)61-43(44(65)37-35-33-31-29-27-14-12-10-8-6-4-2)42-74-58-54(72)51(69)56(46(40-63)76-58)79-60-55(73)52(70)57(47(41-64)77-60)78-59-53(71)50(68)49(67)45(39-62)75-59/h5,7,11,13,16-17,19-20,22-23,35,37,43-47,49-60,62-65,67-73H,3-4,6,8-10,12,14-15,18,21,24-34,36,38-42H2,1-2H3,(H,61,66)/b7-5-,13-11-,17-16-,20-19-,23-22-,37-35+. The number of hydrogen-bond donors (Lipinski definition) is 12. The molecular weight excluding hydrogens is 1020 g/mol. The molecule has 0 radical (unpaired) electrons. The van der Waals surface area contributed by atoms with Crippen molar-refractivity contribution < 1.29 is 89.4 Å². The van der Waals surface area contributed by atoms with Gasteiger partial charge < -0.3 is 89.9 Å². The van der Waals surface area contributed by atoms with Gasteiger partial charge in [0.2, 0.25) is 5.91 Å². The van der Waals surface area contributed by atoms with E-state index >= 15 is 0 Å². The van der Waals surface area contributed by atoms with E-state index in [4.69, 9.17) is 28.4 Å². The van der Waals surface area contributed by atoms with Crippen LogP contribution in [0.4, 0.5) is 0 Å². The summed E-state index contributed by atoms with van der Waals surface area (Å²) >= 11 is 0. The molecule has 0 aromatic heterocycles. The van der Waals surface area contributed by atoms with E-state index in [1.807, 2.05) is 6.08 Å². The number of rotatable bonds is 42. The Balaban J connectivity index is 1.48. The first-order chi connectivity index (χ1) is 38.3. The highest BCUT2D eigenvalue weighted by molar-refractivity contribution is 5.76. The lowest BCUT2D eigenvalue weighted by molar-refractivity contribution is -0.379. The Morgan fingerprint density at radius 1 is 0.468 bits per heavy atom. The van der Waals surface area contributed by atoms with Gasteiger partial charge in [0.15, 0.2) is 18.9 Å². The maximum atomic E-state index is 13.3. The average molecular weight is 1130 g/mol. The Labute approximate surface area is 470 Å². The first kappa shape index (κ1) is 70.5. The van der Waals surface area contributed by atoms with Crippen LogP contribution in [0.1, 0.15) is 168 Å². The SMILES string of the molecule is CC/C=C\C/C=C\C/C=C\C/C=C\C/C=C\CCCCCCCCCC(=O)NC(COC1OC(CO)C(OC2OC(CO)C(OC3OC(CO)C(O)C(O)C3O)C(O)C2O)C(O)C1O)C(O)/C=C/CCCCCCCCCCC. The van der Waals surface area contributed by atoms with Gasteiger partial charge in [-0.25, -0.2) is 0 Å². The molecule has 12 N–H and O–H groups in total. The lowest BCUT2D eigenvalue weighted by atomic mass is 9.96. The van der Waals surface area contributed by atoms with Gasteiger partial charge in [0.25, 0.3) is 0 Å². The maximum Gasteiger partial charge on any atom is 0.220 e. The number of nitrogens with one attached hydrogen (secondary N) is 1. The minimum Gasteiger partial charge on any atom is -0.394 e. The van der Waals surface area contributed by atoms with Gasteiger partial charge in [0.1, 0.15) is 73.2 Å². The molecule has 456 valence electrons. The zero-order valence-corrected chi connectivity index (χ0v) is 47.3. The van der Waals surface area contributed by atoms with Crippen molar-refractivity contribution in [1.82, 2.24) is 5.32 Å². The van der Waals surface area contributed by atoms with Crippen LogP contribution in [0.25, 0.3) is 0 Å². The van der Waals surface area contributed by atoms with Crippen LogP contribution < -0.4 is 5.32 Å². The van der Waals surface area contributed by atoms with Gasteiger partial charge in [0, 0.05) is 6.42 Å². The fourth-order valence-corrected chi connectivity index (χ4v) is 9.63. The quantitative estimate of drug-likeness (QED) is 0.0282. The van der Waals surface area contributed by atoms with Gasteiger partial charge >= 0.3 is 0 Å². The summed E-state index contributed by atoms with van der Waals surface area (Å²) in [5.41, 5.74) is 0. The van der Waals surface area contributed by atoms with Crippen molar-refractivity contribution >= 4 is 5.91 Å². The predicted molar refractivity (Wildman–Crippen MR) is 300 cm³/mol. The highest BCUT2D eigenvalue weighted by Crippen LogP contribution is 2.33. The Bertz CT molecular complexity index is 1730. The van der Waals surface area contributed by atoms with E-state index in [0.717, 1.165) is 103 Å². The topological polar surface area (TPSA) is 307 Å². The highest BCUT2D eigenvalue weighted by atomic mass is 16.8. The average Bonchev–Trinajstić information content (AvgIpc) is 3.49. The number of aliphatic hydroxyl groups is 11. The molecule has 3 saturated heterocycles. The molecule has 19 nitrogen and oxygen atoms in total. The molecule has 79 heavy (non-hydrogen) atoms. The van der Waals surface area contributed by atoms with Crippen molar-refractivity contribution in [2.75, 3.05) is 26.4 Å². The number of allylic oxidation sites excluding steroid dienone is 11. The summed E-state index contributed by atoms with van der Waals surface area (Å²) in [6.07, 6.45) is 23.1. The van der Waals surface area contributed by atoms with Crippen molar-refractivity contribution in [2.24, 2.45) is 0 Å². The summed E-state index contributed by atoms with van der Waals surface area (Å²) < 4.78 is 34.2. The van der Waals surface area contributed by atoms with E-state index in [1.165, 1.54) is 38.5 Å². The van der Waals surface area contributed by atoms with Crippen molar-refractivity contribution in [3.8, 4) is 0 Å². The molecule has 17 atom stereocenters. The lowest BCUT2D eigenvalue weighted by Crippen LogP contribution is -2.66. The summed E-state index contributed by atoms with van der Waals surface area (Å²) in [7, 11) is 0. The van der Waals surface area contributed by atoms with Crippen molar-refractivity contribution in [3.63, 3.8) is 0 Å². The van der Waals surface area contributed by atoms with Gasteiger partial charge in [-0.05, 0) is 64.2 Å². The van der Waals surface area contributed by atoms with Crippen LogP contribution in [0, 0.1) is 0 Å². The van der Waals surface area contributed by atoms with Gasteiger partial charge in [0.05, 0.1) is 38.6 Å². The van der Waals surface area contributed by atoms with Crippen LogP contribution in [0.2, 0.25) is 0 Å². The van der Waals surface area contributed by atoms with Gasteiger partial charge in [-0.1, -0.05) is 170 Å². The summed E-state index contributed by atoms with van der Waals surface area (Å²) in [6.45, 7) is 1.55. The van der Waals surface area contributed by atoms with Crippen molar-refractivity contribution in [2.45, 2.75) is 272 Å². The fraction of sp³-hybridized carbons (Fsp3) is 0.783. The van der Waals surface area contributed by atoms with Crippen LogP contribution >= 0.6 is 0 Å². The van der Waals surface area contributed by atoms with E-state index < -0.39 is 124 Å². The number of hydrogen-bond acceptors (Lipinski definition) is 18. The Hall–Kier alpha value is -2.77. The molecule has 3 heterocycles. The van der Waals surface area contributed by atoms with Crippen LogP contribution in [0.15, 0.2) is 72.9 Å². The second kappa shape index (κ2) is 43.0. The molecule has 0 spiro atoms. The molecule has 3 aliphatic rings. The Morgan fingerprint density at radius 3 is 1.37 bits per heavy atom. The third-order valence-electron chi connectivity index (χ3n) is 14.5. The maximum absolute atomic E-state index is 13.3. The summed E-state index contributed by atoms with van der Waals surface area (Å²) in [5, 5.41) is 120. The minimum absolute atomic E-state index is 0.226. The number of unbranched alkanes of at least 4 members (excludes halogenated alkanes) is 16. The fourth-order valence-electron chi connectivity index (χ4n) is 9.63. The Morgan fingerprint density at radius 2 is 0.873 bits per heavy atom. The molecule has 0 aromatic carbocycles. The molecule has 0 aliphatic carbocycles. The molecule has 1 amide bonds. The summed E-state index contributed by atoms with van der Waals surface area (Å²) in [5.74, 6) is -0.292. The number of carbonyl (C=O) groups excluding carboxylic acids is 1. The van der Waals surface area contributed by atoms with Gasteiger partial charge in [-0.2, -0.15) is 0 Å². The largest absolute Gasteiger partial charge is 0.394 e. The molecule has 3 aliphatic heterocycles. The molecule has 0 aromatic rings. The van der Waals surface area contributed by atoms with Crippen LogP contribution in [-0.4, -0.2) is 193 Å². The van der Waals surface area contributed by atoms with Crippen LogP contribution in [-0.2, 0) is 33.2 Å². The highest BCUT2D eigenvalue weighted by Gasteiger charge is 2.53. The number of carbonyl (C=O) groups is 1. The second-order valence-electron chi connectivity index (χ2n) is 21.1. The van der Waals surface area contributed by atoms with E-state index in [2.05, 4.69) is 79.9 Å². The minimum atomic E-state index is -1.98. The molecule has 17 unspecified atom stereocenters. The Kier molecular flexibility index (Phi) is 38.3. The molecule has 0 bridgehead atoms. The first-order valence-electron chi connectivity index (χ1n) is 29.7. The first-order valence-corrected chi connectivity index (χ1v) is 29.7. The van der Waals surface area contributed by atoms with E-state index in [-0.39, 0.29) is 18.9 Å². The predicted octanol–water partition coefficient (Wildman–Crippen LogP) is 5.04. The normalized spacial score (nSPS) is 30.8. The second-order valence-corrected chi connectivity index (χ2v) is 21.1. The van der Waals surface area contributed by atoms with Crippen molar-refractivity contribution in [3.05, 3.63) is 72.9 Å². The van der Waals surface area contributed by atoms with Crippen LogP contribution in [0.3, 0.4) is 0 Å². The molecule has 19 heteroatoms. The molecule has 0 saturated carbocycles. The van der Waals surface area contributed by atoms with Crippen LogP contribution in [0.5, 0.6) is 0 Å². The van der Waals surface area contributed by atoms with Crippen molar-refractivity contribution in [1.29, 1.82) is 0 Å². The third-order valence-corrected chi connectivity index (χ3v) is 14.5. The van der Waals surface area contributed by atoms with Gasteiger partial charge in [-0.15, -0.1) is 0 Å². The van der Waals surface area contributed by atoms with E-state index in [9.17, 15) is 61.0 Å². The molecule has 3 rings (SSSR count). The monoisotopic (exact) mass is 1130 g/mol. The summed E-state index contributed by atoms with van der Waals surface area (Å²) in [6, 6.07) is -0.981. The van der Waals surface area contributed by atoms with Gasteiger partial charge in [-0.3, -0.25) is 4.79 Å². The smallest absolute Gasteiger partial charge is 0.220 e. The third kappa shape index (κ3) is 27.0. The number of aliphatic hydroxyl groups excluding tert-OH is 11. The number of amides is 1. The summed E-state index contributed by atoms with van der Waals surface area (Å²) in [4.78, 5) is 13.3. The molecule has 3 fully saturated rings.